The molecule has 0 unspecified atom stereocenters. The van der Waals surface area contributed by atoms with Crippen LogP contribution < -0.4 is 21.3 Å². The van der Waals surface area contributed by atoms with Gasteiger partial charge in [-0.3, -0.25) is 28.8 Å². The molecule has 16 heteroatoms. The van der Waals surface area contributed by atoms with E-state index in [1.807, 2.05) is 55.5 Å². The van der Waals surface area contributed by atoms with Crippen molar-refractivity contribution >= 4 is 58.0 Å². The lowest BCUT2D eigenvalue weighted by atomic mass is 9.97. The van der Waals surface area contributed by atoms with E-state index >= 15 is 0 Å². The summed E-state index contributed by atoms with van der Waals surface area (Å²) in [4.78, 5) is 85.1. The van der Waals surface area contributed by atoms with Gasteiger partial charge in [0.25, 0.3) is 0 Å². The highest BCUT2D eigenvalue weighted by Crippen LogP contribution is 2.22. The van der Waals surface area contributed by atoms with E-state index in [2.05, 4.69) is 26.3 Å². The zero-order valence-electron chi connectivity index (χ0n) is 32.2. The molecule has 4 atom stereocenters. The second kappa shape index (κ2) is 20.5. The first kappa shape index (κ1) is 43.3. The van der Waals surface area contributed by atoms with Gasteiger partial charge in [0.1, 0.15) is 41.7 Å². The van der Waals surface area contributed by atoms with Gasteiger partial charge in [0.05, 0.1) is 7.11 Å². The molecule has 1 fully saturated rings. The van der Waals surface area contributed by atoms with Crippen molar-refractivity contribution < 1.29 is 42.3 Å². The molecule has 3 aromatic carbocycles. The van der Waals surface area contributed by atoms with E-state index < -0.39 is 77.2 Å². The van der Waals surface area contributed by atoms with Gasteiger partial charge in [-0.15, -0.1) is 11.6 Å². The third-order valence-corrected chi connectivity index (χ3v) is 10.3. The number of rotatable bonds is 17. The number of para-hydroxylation sites is 1. The van der Waals surface area contributed by atoms with E-state index in [0.29, 0.717) is 24.5 Å². The topological polar surface area (TPSA) is 179 Å². The zero-order valence-corrected chi connectivity index (χ0v) is 33.0. The normalized spacial score (nSPS) is 15.5. The monoisotopic (exact) mass is 820 g/mol. The average Bonchev–Trinajstić information content (AvgIpc) is 3.63. The van der Waals surface area contributed by atoms with Crippen molar-refractivity contribution in [1.82, 2.24) is 31.2 Å². The highest BCUT2D eigenvalue weighted by atomic mass is 35.5. The lowest BCUT2D eigenvalue weighted by Gasteiger charge is -2.37. The number of aromatic amines is 1. The van der Waals surface area contributed by atoms with Crippen molar-refractivity contribution in [2.45, 2.75) is 82.6 Å². The molecule has 4 aromatic rings. The van der Waals surface area contributed by atoms with E-state index in [0.717, 1.165) is 34.2 Å². The molecular weight excluding hydrogens is 774 g/mol. The molecule has 0 saturated carbocycles. The third-order valence-electron chi connectivity index (χ3n) is 10.0. The molecule has 1 saturated heterocycles. The fraction of sp³-hybridized carbons (Fsp3) is 0.381. The van der Waals surface area contributed by atoms with Crippen molar-refractivity contribution in [1.29, 1.82) is 0 Å². The van der Waals surface area contributed by atoms with Crippen molar-refractivity contribution in [2.75, 3.05) is 19.5 Å². The average molecular weight is 821 g/mol. The first-order valence-corrected chi connectivity index (χ1v) is 19.5. The number of ether oxygens (including phenoxy) is 1. The van der Waals surface area contributed by atoms with Crippen LogP contribution in [0, 0.1) is 18.6 Å². The maximum absolute atomic E-state index is 14.4. The number of carbonyl (C=O) groups is 6. The molecule has 0 aliphatic carbocycles. The number of piperidine rings is 1. The van der Waals surface area contributed by atoms with Crippen molar-refractivity contribution in [3.05, 3.63) is 107 Å². The molecule has 13 nitrogen and oxygen atoms in total. The number of carbonyl (C=O) groups excluding carboxylic acids is 6. The van der Waals surface area contributed by atoms with Crippen molar-refractivity contribution in [3.63, 3.8) is 0 Å². The lowest BCUT2D eigenvalue weighted by Crippen LogP contribution is -2.61. The molecule has 1 aliphatic heterocycles. The molecule has 0 spiro atoms. The van der Waals surface area contributed by atoms with Crippen LogP contribution in [-0.2, 0) is 52.9 Å². The highest BCUT2D eigenvalue weighted by Gasteiger charge is 2.38. The summed E-state index contributed by atoms with van der Waals surface area (Å²) in [5.41, 5.74) is 3.38. The molecule has 0 radical (unpaired) electrons. The second-order valence-electron chi connectivity index (χ2n) is 14.3. The number of esters is 1. The summed E-state index contributed by atoms with van der Waals surface area (Å²) in [5, 5.41) is 11.7. The lowest BCUT2D eigenvalue weighted by molar-refractivity contribution is -0.146. The standard InChI is InChI=1S/C42H47ClF2N6O7/c1-25-10-12-26(13-11-25)23-47-39(54)34(19-27-17-29(44)21-30(45)18-27)49-40(55)35(20-28-24-46-32-8-4-3-7-31(28)32)50-41(56)36-9-5-6-16-51(36)42(57)33(48-37(52)22-43)14-15-38(53)58-2/h3-4,7-8,10-13,17-18,21,24,33-36,46H,5-6,9,14-16,19-20,22-23H2,1-2H3,(H,47,54)(H,48,52)(H,49,55)(H,50,56)/t33-,34-,35-,36-/m0/s1. The van der Waals surface area contributed by atoms with Crippen LogP contribution in [0.25, 0.3) is 10.9 Å². The Morgan fingerprint density at radius 1 is 0.862 bits per heavy atom. The van der Waals surface area contributed by atoms with Gasteiger partial charge in [0.15, 0.2) is 0 Å². The van der Waals surface area contributed by atoms with E-state index in [4.69, 9.17) is 16.3 Å². The maximum Gasteiger partial charge on any atom is 0.305 e. The molecule has 5 amide bonds. The van der Waals surface area contributed by atoms with Crippen molar-refractivity contribution in [3.8, 4) is 0 Å². The molecule has 5 rings (SSSR count). The Kier molecular flexibility index (Phi) is 15.3. The van der Waals surface area contributed by atoms with Crippen LogP contribution in [0.2, 0.25) is 0 Å². The third kappa shape index (κ3) is 11.9. The number of benzene rings is 3. The molecule has 308 valence electrons. The number of nitrogens with zero attached hydrogens (tertiary/aromatic N) is 1. The fourth-order valence-electron chi connectivity index (χ4n) is 6.98. The predicted octanol–water partition coefficient (Wildman–Crippen LogP) is 3.88. The van der Waals surface area contributed by atoms with Gasteiger partial charge in [0.2, 0.25) is 29.5 Å². The zero-order chi connectivity index (χ0) is 41.8. The van der Waals surface area contributed by atoms with Crippen LogP contribution in [0.1, 0.15) is 54.4 Å². The Labute approximate surface area is 339 Å². The molecule has 1 aliphatic rings. The van der Waals surface area contributed by atoms with Crippen molar-refractivity contribution in [2.24, 2.45) is 0 Å². The Balaban J connectivity index is 1.42. The van der Waals surface area contributed by atoms with Gasteiger partial charge in [-0.2, -0.15) is 0 Å². The minimum absolute atomic E-state index is 0.0396. The SMILES string of the molecule is COC(=O)CC[C@H](NC(=O)CCl)C(=O)N1CCCC[C@H]1C(=O)N[C@@H](Cc1c[nH]c2ccccc12)C(=O)N[C@@H](Cc1cc(F)cc(F)c1)C(=O)NCc1ccc(C)cc1. The summed E-state index contributed by atoms with van der Waals surface area (Å²) in [6.07, 6.45) is 2.48. The van der Waals surface area contributed by atoms with Crippen LogP contribution in [0.3, 0.4) is 0 Å². The van der Waals surface area contributed by atoms with E-state index in [1.165, 1.54) is 12.0 Å². The van der Waals surface area contributed by atoms with Gasteiger partial charge < -0.3 is 35.9 Å². The summed E-state index contributed by atoms with van der Waals surface area (Å²) in [7, 11) is 1.20. The summed E-state index contributed by atoms with van der Waals surface area (Å²) >= 11 is 5.71. The smallest absolute Gasteiger partial charge is 0.305 e. The number of hydrogen-bond donors (Lipinski definition) is 5. The van der Waals surface area contributed by atoms with Gasteiger partial charge in [0, 0.05) is 55.5 Å². The minimum atomic E-state index is -1.32. The number of aryl methyl sites for hydroxylation is 1. The number of H-pyrrole nitrogens is 1. The van der Waals surface area contributed by atoms with Gasteiger partial charge in [-0.1, -0.05) is 48.0 Å². The fourth-order valence-corrected chi connectivity index (χ4v) is 7.06. The largest absolute Gasteiger partial charge is 0.469 e. The molecule has 2 heterocycles. The number of amides is 5. The summed E-state index contributed by atoms with van der Waals surface area (Å²) < 4.78 is 33.3. The van der Waals surface area contributed by atoms with Crippen LogP contribution in [-0.4, -0.2) is 89.1 Å². The van der Waals surface area contributed by atoms with Gasteiger partial charge in [-0.05, 0) is 67.5 Å². The quantitative estimate of drug-likeness (QED) is 0.0793. The first-order valence-electron chi connectivity index (χ1n) is 19.0. The summed E-state index contributed by atoms with van der Waals surface area (Å²) in [5.74, 6) is -6.03. The number of alkyl halides is 1. The first-order chi connectivity index (χ1) is 27.8. The number of hydrogen-bond acceptors (Lipinski definition) is 7. The Morgan fingerprint density at radius 3 is 2.28 bits per heavy atom. The molecule has 5 N–H and O–H groups in total. The van der Waals surface area contributed by atoms with E-state index in [9.17, 15) is 37.5 Å². The van der Waals surface area contributed by atoms with Crippen LogP contribution in [0.15, 0.2) is 72.9 Å². The second-order valence-corrected chi connectivity index (χ2v) is 14.6. The number of halogens is 3. The number of nitrogens with one attached hydrogen (secondary N) is 5. The number of aromatic nitrogens is 1. The van der Waals surface area contributed by atoms with E-state index in [-0.39, 0.29) is 50.8 Å². The van der Waals surface area contributed by atoms with E-state index in [1.54, 1.807) is 6.20 Å². The summed E-state index contributed by atoms with van der Waals surface area (Å²) in [6, 6.07) is 12.8. The summed E-state index contributed by atoms with van der Waals surface area (Å²) in [6.45, 7) is 2.19. The Bertz CT molecular complexity index is 2090. The van der Waals surface area contributed by atoms with Crippen LogP contribution in [0.5, 0.6) is 0 Å². The molecule has 1 aromatic heterocycles. The number of fused-ring (bicyclic) bond motifs is 1. The van der Waals surface area contributed by atoms with Crippen LogP contribution >= 0.6 is 11.6 Å². The predicted molar refractivity (Wildman–Crippen MR) is 212 cm³/mol. The van der Waals surface area contributed by atoms with Crippen LogP contribution in [0.4, 0.5) is 8.78 Å². The minimum Gasteiger partial charge on any atom is -0.469 e. The Hall–Kier alpha value is -5.83. The Morgan fingerprint density at radius 2 is 1.57 bits per heavy atom. The molecule has 0 bridgehead atoms. The number of likely N-dealkylation sites (tertiary alicyclic amines) is 1. The maximum atomic E-state index is 14.4. The van der Waals surface area contributed by atoms with Gasteiger partial charge >= 0.3 is 5.97 Å². The highest BCUT2D eigenvalue weighted by molar-refractivity contribution is 6.27. The number of methoxy groups -OCH3 is 1. The van der Waals surface area contributed by atoms with Gasteiger partial charge in [-0.25, -0.2) is 8.78 Å². The molecular formula is C42H47ClF2N6O7. The molecule has 58 heavy (non-hydrogen) atoms.